The van der Waals surface area contributed by atoms with Crippen molar-refractivity contribution in [3.63, 3.8) is 0 Å². The van der Waals surface area contributed by atoms with Crippen LogP contribution in [0, 0.1) is 11.3 Å². The zero-order chi connectivity index (χ0) is 32.9. The van der Waals surface area contributed by atoms with Gasteiger partial charge in [-0.3, -0.25) is 9.59 Å². The van der Waals surface area contributed by atoms with Crippen LogP contribution in [0.2, 0.25) is 18.1 Å². The molecule has 1 aliphatic heterocycles. The van der Waals surface area contributed by atoms with E-state index in [0.717, 1.165) is 10.0 Å². The molecule has 2 aromatic carbocycles. The molecule has 0 amide bonds. The third-order valence-corrected chi connectivity index (χ3v) is 14.3. The van der Waals surface area contributed by atoms with Crippen LogP contribution in [-0.2, 0) is 40.1 Å². The van der Waals surface area contributed by atoms with Gasteiger partial charge >= 0.3 is 11.9 Å². The summed E-state index contributed by atoms with van der Waals surface area (Å²) in [6.45, 7) is 17.5. The number of hydrogen-bond donors (Lipinski definition) is 0. The van der Waals surface area contributed by atoms with Crippen LogP contribution in [0.4, 0.5) is 0 Å². The van der Waals surface area contributed by atoms with Crippen molar-refractivity contribution in [3.8, 4) is 5.75 Å². The third kappa shape index (κ3) is 8.22. The molecule has 0 saturated heterocycles. The maximum absolute atomic E-state index is 13.7. The molecule has 1 aliphatic rings. The molecule has 0 aliphatic carbocycles. The zero-order valence-corrected chi connectivity index (χ0v) is 30.4. The van der Waals surface area contributed by atoms with Crippen LogP contribution in [0.15, 0.2) is 65.2 Å². The standard InChI is InChI=1S/C35H49BrO7Si/c1-33(2,3)25-15-17-26(18-16-25)42-30-20-19-27(29(43-30)23-41-44(9,10)34(4,5)6)35(31(37)39-7,32(38)40-8)22-21-24-13-11-12-14-28(24)36/h11-20,27,29-30H,21-23H2,1-10H3/t27-,29+,30-/m0/s1. The van der Waals surface area contributed by atoms with E-state index in [0.29, 0.717) is 12.2 Å². The van der Waals surface area contributed by atoms with Crippen molar-refractivity contribution >= 4 is 36.2 Å². The number of methoxy groups -OCH3 is 2. The molecule has 0 radical (unpaired) electrons. The molecule has 7 nitrogen and oxygen atoms in total. The Morgan fingerprint density at radius 3 is 2.00 bits per heavy atom. The number of esters is 2. The van der Waals surface area contributed by atoms with Crippen LogP contribution >= 0.6 is 15.9 Å². The van der Waals surface area contributed by atoms with Crippen LogP contribution < -0.4 is 4.74 Å². The van der Waals surface area contributed by atoms with E-state index in [1.165, 1.54) is 19.8 Å². The number of halogens is 1. The summed E-state index contributed by atoms with van der Waals surface area (Å²) in [5, 5.41) is -0.0565. The maximum atomic E-state index is 13.7. The normalized spacial score (nSPS) is 19.4. The van der Waals surface area contributed by atoms with Crippen molar-refractivity contribution in [2.24, 2.45) is 11.3 Å². The molecule has 0 unspecified atom stereocenters. The lowest BCUT2D eigenvalue weighted by Crippen LogP contribution is -2.55. The van der Waals surface area contributed by atoms with E-state index in [4.69, 9.17) is 23.4 Å². The molecule has 0 aromatic heterocycles. The van der Waals surface area contributed by atoms with Gasteiger partial charge in [-0.25, -0.2) is 0 Å². The summed E-state index contributed by atoms with van der Waals surface area (Å²) in [6.07, 6.45) is 2.70. The van der Waals surface area contributed by atoms with Gasteiger partial charge in [0.1, 0.15) is 5.75 Å². The van der Waals surface area contributed by atoms with E-state index < -0.39 is 44.0 Å². The van der Waals surface area contributed by atoms with Crippen molar-refractivity contribution in [1.29, 1.82) is 0 Å². The van der Waals surface area contributed by atoms with Crippen LogP contribution in [0.3, 0.4) is 0 Å². The summed E-state index contributed by atoms with van der Waals surface area (Å²) in [6, 6.07) is 15.7. The van der Waals surface area contributed by atoms with Gasteiger partial charge in [0, 0.05) is 10.4 Å². The minimum Gasteiger partial charge on any atom is -0.468 e. The number of hydrogen-bond acceptors (Lipinski definition) is 7. The molecule has 0 spiro atoms. The molecule has 0 fully saturated rings. The predicted octanol–water partition coefficient (Wildman–Crippen LogP) is 8.01. The summed E-state index contributed by atoms with van der Waals surface area (Å²) in [4.78, 5) is 27.5. The first-order valence-corrected chi connectivity index (χ1v) is 18.8. The number of carbonyl (C=O) groups is 2. The first-order valence-electron chi connectivity index (χ1n) is 15.1. The van der Waals surface area contributed by atoms with Crippen LogP contribution in [0.5, 0.6) is 5.75 Å². The van der Waals surface area contributed by atoms with Gasteiger partial charge in [-0.15, -0.1) is 0 Å². The van der Waals surface area contributed by atoms with Gasteiger partial charge in [0.15, 0.2) is 13.7 Å². The minimum absolute atomic E-state index is 0.0135. The summed E-state index contributed by atoms with van der Waals surface area (Å²) >= 11 is 3.60. The Morgan fingerprint density at radius 2 is 1.48 bits per heavy atom. The van der Waals surface area contributed by atoms with E-state index in [-0.39, 0.29) is 23.5 Å². The molecule has 242 valence electrons. The second-order valence-corrected chi connectivity index (χ2v) is 19.6. The molecule has 3 atom stereocenters. The van der Waals surface area contributed by atoms with Gasteiger partial charge in [-0.2, -0.15) is 0 Å². The number of rotatable bonds is 11. The smallest absolute Gasteiger partial charge is 0.323 e. The highest BCUT2D eigenvalue weighted by atomic mass is 79.9. The quantitative estimate of drug-likeness (QED) is 0.102. The number of carbonyl (C=O) groups excluding carboxylic acids is 2. The molecule has 9 heteroatoms. The first kappa shape index (κ1) is 36.0. The Balaban J connectivity index is 2.04. The van der Waals surface area contributed by atoms with Crippen molar-refractivity contribution in [2.45, 2.75) is 90.3 Å². The van der Waals surface area contributed by atoms with Gasteiger partial charge in [-0.1, -0.05) is 93.9 Å². The summed E-state index contributed by atoms with van der Waals surface area (Å²) < 4.78 is 30.9. The average Bonchev–Trinajstić information content (AvgIpc) is 2.96. The molecule has 0 N–H and O–H groups in total. The van der Waals surface area contributed by atoms with Crippen molar-refractivity contribution in [3.05, 3.63) is 76.3 Å². The highest BCUT2D eigenvalue weighted by Crippen LogP contribution is 2.44. The monoisotopic (exact) mass is 688 g/mol. The van der Waals surface area contributed by atoms with E-state index in [2.05, 4.69) is 70.6 Å². The molecular formula is C35H49BrO7Si. The Hall–Kier alpha value is -2.46. The number of ether oxygens (including phenoxy) is 4. The summed E-state index contributed by atoms with van der Waals surface area (Å²) in [7, 11) is 0.353. The van der Waals surface area contributed by atoms with Crippen LogP contribution in [0.25, 0.3) is 0 Å². The first-order chi connectivity index (χ1) is 20.5. The molecule has 0 bridgehead atoms. The summed E-state index contributed by atoms with van der Waals surface area (Å²) in [5.74, 6) is -1.44. The fourth-order valence-corrected chi connectivity index (χ4v) is 6.62. The predicted molar refractivity (Wildman–Crippen MR) is 179 cm³/mol. The molecule has 0 saturated carbocycles. The van der Waals surface area contributed by atoms with E-state index in [1.807, 2.05) is 54.6 Å². The van der Waals surface area contributed by atoms with Gasteiger partial charge in [0.05, 0.1) is 26.9 Å². The lowest BCUT2D eigenvalue weighted by atomic mass is 9.68. The third-order valence-electron chi connectivity index (χ3n) is 8.99. The highest BCUT2D eigenvalue weighted by Gasteiger charge is 2.57. The Labute approximate surface area is 272 Å². The highest BCUT2D eigenvalue weighted by molar-refractivity contribution is 9.10. The average molecular weight is 690 g/mol. The second-order valence-electron chi connectivity index (χ2n) is 14.0. The largest absolute Gasteiger partial charge is 0.468 e. The minimum atomic E-state index is -2.23. The fourth-order valence-electron chi connectivity index (χ4n) is 5.13. The molecule has 3 rings (SSSR count). The Bertz CT molecular complexity index is 1290. The maximum Gasteiger partial charge on any atom is 0.323 e. The van der Waals surface area contributed by atoms with E-state index >= 15 is 0 Å². The lowest BCUT2D eigenvalue weighted by Gasteiger charge is -2.43. The Morgan fingerprint density at radius 1 is 0.886 bits per heavy atom. The Kier molecular flexibility index (Phi) is 11.7. The van der Waals surface area contributed by atoms with Crippen molar-refractivity contribution in [2.75, 3.05) is 20.8 Å². The number of aryl methyl sites for hydroxylation is 1. The topological polar surface area (TPSA) is 80.3 Å². The molecule has 1 heterocycles. The van der Waals surface area contributed by atoms with Gasteiger partial charge in [0.2, 0.25) is 6.29 Å². The molecular weight excluding hydrogens is 640 g/mol. The molecule has 44 heavy (non-hydrogen) atoms. The zero-order valence-electron chi connectivity index (χ0n) is 27.9. The van der Waals surface area contributed by atoms with E-state index in [9.17, 15) is 9.59 Å². The van der Waals surface area contributed by atoms with Gasteiger partial charge in [0.25, 0.3) is 0 Å². The second kappa shape index (κ2) is 14.3. The lowest BCUT2D eigenvalue weighted by molar-refractivity contribution is -0.187. The van der Waals surface area contributed by atoms with Crippen molar-refractivity contribution < 1.29 is 33.0 Å². The SMILES string of the molecule is COC(=O)C(CCc1ccccc1Br)(C(=O)OC)[C@H]1C=C[C@@H](Oc2ccc(C(C)(C)C)cc2)O[C@@H]1CO[Si](C)(C)C(C)(C)C. The molecule has 2 aromatic rings. The van der Waals surface area contributed by atoms with Crippen molar-refractivity contribution in [1.82, 2.24) is 0 Å². The van der Waals surface area contributed by atoms with Gasteiger partial charge in [-0.05, 0) is 71.8 Å². The van der Waals surface area contributed by atoms with Crippen LogP contribution in [0.1, 0.15) is 59.1 Å². The van der Waals surface area contributed by atoms with Gasteiger partial charge < -0.3 is 23.4 Å². The van der Waals surface area contributed by atoms with E-state index in [1.54, 1.807) is 6.08 Å². The fraction of sp³-hybridized carbons (Fsp3) is 0.543. The summed E-state index contributed by atoms with van der Waals surface area (Å²) in [5.41, 5.74) is 0.478. The number of benzene rings is 2. The van der Waals surface area contributed by atoms with Crippen LogP contribution in [-0.4, -0.2) is 53.5 Å².